The van der Waals surface area contributed by atoms with Gasteiger partial charge in [0, 0.05) is 10.4 Å². The van der Waals surface area contributed by atoms with Crippen molar-refractivity contribution in [2.45, 2.75) is 18.8 Å². The highest BCUT2D eigenvalue weighted by molar-refractivity contribution is 9.10. The van der Waals surface area contributed by atoms with Gasteiger partial charge in [0.2, 0.25) is 0 Å². The van der Waals surface area contributed by atoms with Gasteiger partial charge in [-0.05, 0) is 48.0 Å². The number of benzene rings is 1. The second-order valence-electron chi connectivity index (χ2n) is 4.17. The first-order valence-electron chi connectivity index (χ1n) is 5.60. The lowest BCUT2D eigenvalue weighted by molar-refractivity contribution is -0.110. The van der Waals surface area contributed by atoms with E-state index in [1.807, 2.05) is 23.9 Å². The van der Waals surface area contributed by atoms with Crippen molar-refractivity contribution in [2.24, 2.45) is 5.92 Å². The van der Waals surface area contributed by atoms with E-state index < -0.39 is 0 Å². The highest BCUT2D eigenvalue weighted by Crippen LogP contribution is 2.34. The highest BCUT2D eigenvalue weighted by Gasteiger charge is 2.24. The molecule has 1 aliphatic rings. The highest BCUT2D eigenvalue weighted by atomic mass is 79.9. The monoisotopic (exact) mass is 298 g/mol. The Bertz CT molecular complexity index is 361. The second-order valence-corrected chi connectivity index (χ2v) is 6.31. The van der Waals surface area contributed by atoms with Gasteiger partial charge in [0.1, 0.15) is 6.29 Å². The lowest BCUT2D eigenvalue weighted by Gasteiger charge is -2.26. The van der Waals surface area contributed by atoms with Gasteiger partial charge < -0.3 is 4.79 Å². The lowest BCUT2D eigenvalue weighted by Crippen LogP contribution is -2.19. The summed E-state index contributed by atoms with van der Waals surface area (Å²) in [5, 5.41) is 0. The Morgan fingerprint density at radius 3 is 2.75 bits per heavy atom. The molecule has 16 heavy (non-hydrogen) atoms. The number of hydrogen-bond donors (Lipinski definition) is 0. The van der Waals surface area contributed by atoms with E-state index in [0.717, 1.165) is 16.3 Å². The summed E-state index contributed by atoms with van der Waals surface area (Å²) in [5.41, 5.74) is 1.15. The second kappa shape index (κ2) is 5.87. The summed E-state index contributed by atoms with van der Waals surface area (Å²) in [7, 11) is 0. The Labute approximate surface area is 109 Å². The topological polar surface area (TPSA) is 17.1 Å². The molecule has 3 heteroatoms. The largest absolute Gasteiger partial charge is 0.303 e. The van der Waals surface area contributed by atoms with E-state index in [4.69, 9.17) is 0 Å². The minimum absolute atomic E-state index is 0.0819. The number of hydrogen-bond acceptors (Lipinski definition) is 2. The van der Waals surface area contributed by atoms with Crippen LogP contribution >= 0.6 is 27.7 Å². The average Bonchev–Trinajstić information content (AvgIpc) is 2.31. The van der Waals surface area contributed by atoms with Crippen LogP contribution < -0.4 is 0 Å². The van der Waals surface area contributed by atoms with Crippen molar-refractivity contribution < 1.29 is 4.79 Å². The molecule has 0 saturated carbocycles. The predicted octanol–water partition coefficient (Wildman–Crippen LogP) is 3.87. The molecule has 0 spiro atoms. The fraction of sp³-hybridized carbons (Fsp3) is 0.462. The Balaban J connectivity index is 2.17. The van der Waals surface area contributed by atoms with Crippen molar-refractivity contribution in [1.29, 1.82) is 0 Å². The molecule has 0 bridgehead atoms. The molecule has 1 aliphatic heterocycles. The minimum atomic E-state index is 0.0819. The fourth-order valence-corrected chi connectivity index (χ4v) is 3.81. The standard InChI is InChI=1S/C13H15BrOS/c14-12-3-1-2-11(8-12)13(9-15)10-4-6-16-7-5-10/h1-3,8-10,13H,4-7H2. The zero-order valence-corrected chi connectivity index (χ0v) is 11.5. The van der Waals surface area contributed by atoms with Gasteiger partial charge in [-0.2, -0.15) is 11.8 Å². The third kappa shape index (κ3) is 2.89. The molecule has 2 rings (SSSR count). The molecular formula is C13H15BrOS. The summed E-state index contributed by atoms with van der Waals surface area (Å²) < 4.78 is 1.06. The number of halogens is 1. The van der Waals surface area contributed by atoms with Crippen LogP contribution in [0.15, 0.2) is 28.7 Å². The zero-order chi connectivity index (χ0) is 11.4. The minimum Gasteiger partial charge on any atom is -0.303 e. The molecular weight excluding hydrogens is 284 g/mol. The van der Waals surface area contributed by atoms with Gasteiger partial charge in [-0.15, -0.1) is 0 Å². The van der Waals surface area contributed by atoms with Crippen LogP contribution in [-0.4, -0.2) is 17.8 Å². The van der Waals surface area contributed by atoms with Gasteiger partial charge in [0.25, 0.3) is 0 Å². The summed E-state index contributed by atoms with van der Waals surface area (Å²) in [4.78, 5) is 11.3. The zero-order valence-electron chi connectivity index (χ0n) is 9.06. The van der Waals surface area contributed by atoms with Crippen LogP contribution in [-0.2, 0) is 4.79 Å². The third-order valence-corrected chi connectivity index (χ3v) is 4.70. The van der Waals surface area contributed by atoms with Gasteiger partial charge in [-0.25, -0.2) is 0 Å². The molecule has 86 valence electrons. The van der Waals surface area contributed by atoms with Gasteiger partial charge in [0.05, 0.1) is 0 Å². The van der Waals surface area contributed by atoms with E-state index in [2.05, 4.69) is 28.1 Å². The molecule has 1 atom stereocenters. The van der Waals surface area contributed by atoms with Crippen molar-refractivity contribution in [3.63, 3.8) is 0 Å². The SMILES string of the molecule is O=CC(c1cccc(Br)c1)C1CCSCC1. The maximum Gasteiger partial charge on any atom is 0.127 e. The maximum atomic E-state index is 11.3. The van der Waals surface area contributed by atoms with E-state index in [1.54, 1.807) is 0 Å². The van der Waals surface area contributed by atoms with Gasteiger partial charge >= 0.3 is 0 Å². The van der Waals surface area contributed by atoms with Crippen LogP contribution in [0.3, 0.4) is 0 Å². The Kier molecular flexibility index (Phi) is 4.47. The van der Waals surface area contributed by atoms with Crippen LogP contribution in [0.25, 0.3) is 0 Å². The Morgan fingerprint density at radius 1 is 1.38 bits per heavy atom. The summed E-state index contributed by atoms with van der Waals surface area (Å²) in [6.07, 6.45) is 3.46. The first-order chi connectivity index (χ1) is 7.81. The molecule has 1 unspecified atom stereocenters. The molecule has 1 heterocycles. The molecule has 0 aromatic heterocycles. The normalized spacial score (nSPS) is 19.3. The van der Waals surface area contributed by atoms with Crippen molar-refractivity contribution >= 4 is 34.0 Å². The van der Waals surface area contributed by atoms with Crippen molar-refractivity contribution in [3.8, 4) is 0 Å². The molecule has 0 amide bonds. The van der Waals surface area contributed by atoms with Crippen LogP contribution in [0.1, 0.15) is 24.3 Å². The van der Waals surface area contributed by atoms with Crippen molar-refractivity contribution in [3.05, 3.63) is 34.3 Å². The maximum absolute atomic E-state index is 11.3. The third-order valence-electron chi connectivity index (χ3n) is 3.15. The van der Waals surface area contributed by atoms with E-state index in [-0.39, 0.29) is 5.92 Å². The molecule has 0 N–H and O–H groups in total. The summed E-state index contributed by atoms with van der Waals surface area (Å²) in [5.74, 6) is 3.01. The Hall–Kier alpha value is -0.280. The number of carbonyl (C=O) groups is 1. The molecule has 0 aliphatic carbocycles. The quantitative estimate of drug-likeness (QED) is 0.788. The van der Waals surface area contributed by atoms with E-state index in [1.165, 1.54) is 24.3 Å². The smallest absolute Gasteiger partial charge is 0.127 e. The molecule has 1 fully saturated rings. The van der Waals surface area contributed by atoms with Crippen LogP contribution in [0.5, 0.6) is 0 Å². The first-order valence-corrected chi connectivity index (χ1v) is 7.54. The van der Waals surface area contributed by atoms with E-state index in [9.17, 15) is 4.79 Å². The fourth-order valence-electron chi connectivity index (χ4n) is 2.25. The molecule has 1 saturated heterocycles. The van der Waals surface area contributed by atoms with Crippen molar-refractivity contribution in [2.75, 3.05) is 11.5 Å². The van der Waals surface area contributed by atoms with Gasteiger partial charge in [-0.1, -0.05) is 28.1 Å². The molecule has 1 aromatic carbocycles. The van der Waals surface area contributed by atoms with Crippen LogP contribution in [0, 0.1) is 5.92 Å². The van der Waals surface area contributed by atoms with Gasteiger partial charge in [-0.3, -0.25) is 0 Å². The Morgan fingerprint density at radius 2 is 2.12 bits per heavy atom. The summed E-state index contributed by atoms with van der Waals surface area (Å²) in [6, 6.07) is 8.14. The first kappa shape index (κ1) is 12.2. The predicted molar refractivity (Wildman–Crippen MR) is 73.0 cm³/mol. The summed E-state index contributed by atoms with van der Waals surface area (Å²) in [6.45, 7) is 0. The average molecular weight is 299 g/mol. The molecule has 1 nitrogen and oxygen atoms in total. The van der Waals surface area contributed by atoms with E-state index in [0.29, 0.717) is 5.92 Å². The van der Waals surface area contributed by atoms with Crippen LogP contribution in [0.2, 0.25) is 0 Å². The number of carbonyl (C=O) groups excluding carboxylic acids is 1. The molecule has 0 radical (unpaired) electrons. The van der Waals surface area contributed by atoms with Crippen molar-refractivity contribution in [1.82, 2.24) is 0 Å². The molecule has 1 aromatic rings. The van der Waals surface area contributed by atoms with E-state index >= 15 is 0 Å². The number of aldehydes is 1. The number of rotatable bonds is 3. The lowest BCUT2D eigenvalue weighted by atomic mass is 9.83. The number of thioether (sulfide) groups is 1. The summed E-state index contributed by atoms with van der Waals surface area (Å²) >= 11 is 5.46. The van der Waals surface area contributed by atoms with Crippen LogP contribution in [0.4, 0.5) is 0 Å². The van der Waals surface area contributed by atoms with Gasteiger partial charge in [0.15, 0.2) is 0 Å².